The molecule has 0 saturated heterocycles. The van der Waals surface area contributed by atoms with Crippen LogP contribution in [-0.2, 0) is 14.9 Å². The van der Waals surface area contributed by atoms with E-state index in [0.717, 1.165) is 0 Å². The summed E-state index contributed by atoms with van der Waals surface area (Å²) in [5, 5.41) is 3.83. The lowest BCUT2D eigenvalue weighted by molar-refractivity contribution is -0.149. The van der Waals surface area contributed by atoms with Gasteiger partial charge in [0.05, 0.1) is 13.7 Å². The van der Waals surface area contributed by atoms with E-state index in [2.05, 4.69) is 20.1 Å². The van der Waals surface area contributed by atoms with E-state index < -0.39 is 11.4 Å². The molecule has 0 amide bonds. The Bertz CT molecular complexity index is 639. The summed E-state index contributed by atoms with van der Waals surface area (Å²) in [5.41, 5.74) is -0.588. The molecule has 0 aliphatic carbocycles. The lowest BCUT2D eigenvalue weighted by atomic mass is 9.94. The largest absolute Gasteiger partial charge is 0.481 e. The van der Waals surface area contributed by atoms with Crippen molar-refractivity contribution in [2.24, 2.45) is 0 Å². The number of carbonyl (C=O) groups is 1. The monoisotopic (exact) mass is 292 g/mol. The Morgan fingerprint density at radius 2 is 2.14 bits per heavy atom. The number of carbonyl (C=O) groups excluding carboxylic acids is 1. The second-order valence-corrected chi connectivity index (χ2v) is 4.71. The average molecular weight is 292 g/mol. The van der Waals surface area contributed by atoms with E-state index >= 15 is 0 Å². The number of hydrogen-bond donors (Lipinski definition) is 0. The molecule has 8 nitrogen and oxygen atoms in total. The molecule has 8 heteroatoms. The van der Waals surface area contributed by atoms with Gasteiger partial charge in [-0.05, 0) is 20.8 Å². The van der Waals surface area contributed by atoms with Crippen LogP contribution in [0.3, 0.4) is 0 Å². The standard InChI is InChI=1S/C13H16N4O4/c1-5-20-12(18)13(2,3)11-16-10(17-21-11)8-6-9(19-4)15-7-14-8/h6-7H,5H2,1-4H3. The van der Waals surface area contributed by atoms with Crippen LogP contribution in [0.25, 0.3) is 11.5 Å². The van der Waals surface area contributed by atoms with Crippen molar-refractivity contribution in [3.63, 3.8) is 0 Å². The first-order chi connectivity index (χ1) is 9.98. The Balaban J connectivity index is 2.30. The number of esters is 1. The first-order valence-corrected chi connectivity index (χ1v) is 6.36. The molecular weight excluding hydrogens is 276 g/mol. The summed E-state index contributed by atoms with van der Waals surface area (Å²) in [5.74, 6) is 0.369. The van der Waals surface area contributed by atoms with Gasteiger partial charge in [-0.25, -0.2) is 9.97 Å². The molecular formula is C13H16N4O4. The zero-order valence-electron chi connectivity index (χ0n) is 12.3. The Kier molecular flexibility index (Phi) is 4.15. The summed E-state index contributed by atoms with van der Waals surface area (Å²) in [6, 6.07) is 1.58. The Morgan fingerprint density at radius 3 is 2.81 bits per heavy atom. The number of methoxy groups -OCH3 is 1. The van der Waals surface area contributed by atoms with Gasteiger partial charge in [-0.1, -0.05) is 5.16 Å². The topological polar surface area (TPSA) is 100 Å². The SMILES string of the molecule is CCOC(=O)C(C)(C)c1nc(-c2cc(OC)ncn2)no1. The van der Waals surface area contributed by atoms with Gasteiger partial charge in [0.15, 0.2) is 0 Å². The van der Waals surface area contributed by atoms with Crippen molar-refractivity contribution >= 4 is 5.97 Å². The minimum absolute atomic E-state index is 0.161. The molecule has 21 heavy (non-hydrogen) atoms. The molecule has 0 aliphatic rings. The smallest absolute Gasteiger partial charge is 0.321 e. The van der Waals surface area contributed by atoms with Crippen LogP contribution in [0.15, 0.2) is 16.9 Å². The van der Waals surface area contributed by atoms with Gasteiger partial charge in [0.1, 0.15) is 17.4 Å². The van der Waals surface area contributed by atoms with Crippen LogP contribution >= 0.6 is 0 Å². The van der Waals surface area contributed by atoms with Crippen LogP contribution in [0.4, 0.5) is 0 Å². The highest BCUT2D eigenvalue weighted by Crippen LogP contribution is 2.25. The molecule has 2 aromatic heterocycles. The second kappa shape index (κ2) is 5.86. The Morgan fingerprint density at radius 1 is 1.38 bits per heavy atom. The summed E-state index contributed by atoms with van der Waals surface area (Å²) in [7, 11) is 1.50. The van der Waals surface area contributed by atoms with Crippen molar-refractivity contribution < 1.29 is 18.8 Å². The predicted molar refractivity (Wildman–Crippen MR) is 71.5 cm³/mol. The summed E-state index contributed by atoms with van der Waals surface area (Å²) in [6.07, 6.45) is 1.33. The predicted octanol–water partition coefficient (Wildman–Crippen LogP) is 1.38. The molecule has 0 unspecified atom stereocenters. The molecule has 2 rings (SSSR count). The van der Waals surface area contributed by atoms with Crippen LogP contribution in [-0.4, -0.2) is 39.8 Å². The van der Waals surface area contributed by atoms with Crippen molar-refractivity contribution in [3.8, 4) is 17.4 Å². The minimum atomic E-state index is -1.03. The third-order valence-corrected chi connectivity index (χ3v) is 2.83. The Hall–Kier alpha value is -2.51. The molecule has 0 atom stereocenters. The first kappa shape index (κ1) is 14.9. The molecule has 0 fully saturated rings. The Labute approximate surface area is 121 Å². The molecule has 112 valence electrons. The van der Waals surface area contributed by atoms with Crippen molar-refractivity contribution in [1.29, 1.82) is 0 Å². The van der Waals surface area contributed by atoms with Gasteiger partial charge in [0.25, 0.3) is 0 Å². The number of aromatic nitrogens is 4. The third kappa shape index (κ3) is 2.99. The summed E-state index contributed by atoms with van der Waals surface area (Å²) < 4.78 is 15.2. The summed E-state index contributed by atoms with van der Waals surface area (Å²) in [6.45, 7) is 5.33. The van der Waals surface area contributed by atoms with Crippen molar-refractivity contribution in [1.82, 2.24) is 20.1 Å². The van der Waals surface area contributed by atoms with Crippen LogP contribution in [0, 0.1) is 0 Å². The van der Waals surface area contributed by atoms with Gasteiger partial charge in [0, 0.05) is 6.07 Å². The van der Waals surface area contributed by atoms with Crippen molar-refractivity contribution in [2.45, 2.75) is 26.2 Å². The zero-order chi connectivity index (χ0) is 15.5. The van der Waals surface area contributed by atoms with Gasteiger partial charge in [-0.3, -0.25) is 4.79 Å². The molecule has 0 saturated carbocycles. The molecule has 2 heterocycles. The van der Waals surface area contributed by atoms with Crippen LogP contribution in [0.2, 0.25) is 0 Å². The second-order valence-electron chi connectivity index (χ2n) is 4.71. The maximum atomic E-state index is 11.9. The van der Waals surface area contributed by atoms with E-state index in [4.69, 9.17) is 14.0 Å². The first-order valence-electron chi connectivity index (χ1n) is 6.36. The number of ether oxygens (including phenoxy) is 2. The average Bonchev–Trinajstić information content (AvgIpc) is 2.98. The maximum Gasteiger partial charge on any atom is 0.321 e. The van der Waals surface area contributed by atoms with E-state index in [1.807, 2.05) is 0 Å². The highest BCUT2D eigenvalue weighted by Gasteiger charge is 2.37. The van der Waals surface area contributed by atoms with Crippen molar-refractivity contribution in [3.05, 3.63) is 18.3 Å². The zero-order valence-corrected chi connectivity index (χ0v) is 12.3. The van der Waals surface area contributed by atoms with Gasteiger partial charge in [-0.15, -0.1) is 0 Å². The van der Waals surface area contributed by atoms with E-state index in [0.29, 0.717) is 11.6 Å². The minimum Gasteiger partial charge on any atom is -0.481 e. The molecule has 0 aliphatic heterocycles. The van der Waals surface area contributed by atoms with Gasteiger partial charge in [0.2, 0.25) is 17.6 Å². The quantitative estimate of drug-likeness (QED) is 0.762. The third-order valence-electron chi connectivity index (χ3n) is 2.83. The van der Waals surface area contributed by atoms with E-state index in [-0.39, 0.29) is 18.3 Å². The van der Waals surface area contributed by atoms with Crippen LogP contribution < -0.4 is 4.74 Å². The lowest BCUT2D eigenvalue weighted by Gasteiger charge is -2.16. The highest BCUT2D eigenvalue weighted by atomic mass is 16.5. The van der Waals surface area contributed by atoms with E-state index in [9.17, 15) is 4.79 Å². The summed E-state index contributed by atoms with van der Waals surface area (Å²) in [4.78, 5) is 24.1. The fourth-order valence-corrected chi connectivity index (χ4v) is 1.55. The summed E-state index contributed by atoms with van der Waals surface area (Å²) >= 11 is 0. The van der Waals surface area contributed by atoms with Gasteiger partial charge < -0.3 is 14.0 Å². The van der Waals surface area contributed by atoms with Crippen LogP contribution in [0.1, 0.15) is 26.7 Å². The number of hydrogen-bond acceptors (Lipinski definition) is 8. The number of rotatable bonds is 5. The molecule has 0 spiro atoms. The number of nitrogens with zero attached hydrogens (tertiary/aromatic N) is 4. The van der Waals surface area contributed by atoms with Crippen LogP contribution in [0.5, 0.6) is 5.88 Å². The molecule has 0 bridgehead atoms. The molecule has 0 N–H and O–H groups in total. The van der Waals surface area contributed by atoms with E-state index in [1.165, 1.54) is 13.4 Å². The lowest BCUT2D eigenvalue weighted by Crippen LogP contribution is -2.31. The maximum absolute atomic E-state index is 11.9. The van der Waals surface area contributed by atoms with Gasteiger partial charge in [-0.2, -0.15) is 4.98 Å². The molecule has 2 aromatic rings. The van der Waals surface area contributed by atoms with Gasteiger partial charge >= 0.3 is 5.97 Å². The fraction of sp³-hybridized carbons (Fsp3) is 0.462. The van der Waals surface area contributed by atoms with Crippen molar-refractivity contribution in [2.75, 3.05) is 13.7 Å². The normalized spacial score (nSPS) is 11.2. The fourth-order valence-electron chi connectivity index (χ4n) is 1.55. The van der Waals surface area contributed by atoms with E-state index in [1.54, 1.807) is 26.8 Å². The molecule has 0 aromatic carbocycles. The molecule has 0 radical (unpaired) electrons. The highest BCUT2D eigenvalue weighted by molar-refractivity contribution is 5.80.